The Balaban J connectivity index is 1.24. The number of hydrogen-bond acceptors (Lipinski definition) is 2. The number of nitrogens with one attached hydrogen (secondary N) is 2. The first-order valence-corrected chi connectivity index (χ1v) is 12.3. The van der Waals surface area contributed by atoms with Gasteiger partial charge in [0, 0.05) is 23.2 Å². The van der Waals surface area contributed by atoms with Crippen molar-refractivity contribution in [3.05, 3.63) is 64.7 Å². The highest BCUT2D eigenvalue weighted by molar-refractivity contribution is 5.94. The lowest BCUT2D eigenvalue weighted by Crippen LogP contribution is -2.39. The van der Waals surface area contributed by atoms with Crippen LogP contribution in [0.2, 0.25) is 0 Å². The Hall–Kier alpha value is -2.62. The standard InChI is InChI=1S/C28H36N2O2/c1-19-8-15-26(18-20(19)2)30-28(32)24-13-16-25(17-14-24)29-27(31)23-11-9-22(10-12-23)21-6-4-3-5-7-21/h8-12,15,18,21,24-25H,3-7,13-14,16-17H2,1-2H3,(H,29,31)(H,30,32). The molecule has 2 aromatic rings. The number of hydrogen-bond donors (Lipinski definition) is 2. The van der Waals surface area contributed by atoms with Gasteiger partial charge in [0.1, 0.15) is 0 Å². The summed E-state index contributed by atoms with van der Waals surface area (Å²) in [5.74, 6) is 0.769. The molecule has 0 heterocycles. The van der Waals surface area contributed by atoms with Gasteiger partial charge in [0.2, 0.25) is 5.91 Å². The van der Waals surface area contributed by atoms with Crippen LogP contribution in [0.5, 0.6) is 0 Å². The largest absolute Gasteiger partial charge is 0.349 e. The molecular formula is C28H36N2O2. The van der Waals surface area contributed by atoms with Crippen LogP contribution in [0.3, 0.4) is 0 Å². The highest BCUT2D eigenvalue weighted by atomic mass is 16.2. The summed E-state index contributed by atoms with van der Waals surface area (Å²) in [4.78, 5) is 25.4. The van der Waals surface area contributed by atoms with E-state index in [0.717, 1.165) is 36.9 Å². The maximum absolute atomic E-state index is 12.7. The van der Waals surface area contributed by atoms with Gasteiger partial charge in [0.15, 0.2) is 0 Å². The van der Waals surface area contributed by atoms with Crippen molar-refractivity contribution < 1.29 is 9.59 Å². The summed E-state index contributed by atoms with van der Waals surface area (Å²) in [6.45, 7) is 4.13. The van der Waals surface area contributed by atoms with E-state index in [-0.39, 0.29) is 23.8 Å². The molecule has 2 N–H and O–H groups in total. The maximum Gasteiger partial charge on any atom is 0.251 e. The molecule has 0 aliphatic heterocycles. The second kappa shape index (κ2) is 10.3. The number of aryl methyl sites for hydroxylation is 2. The van der Waals surface area contributed by atoms with Crippen molar-refractivity contribution in [1.82, 2.24) is 5.32 Å². The van der Waals surface area contributed by atoms with Crippen molar-refractivity contribution in [2.24, 2.45) is 5.92 Å². The van der Waals surface area contributed by atoms with Gasteiger partial charge in [-0.15, -0.1) is 0 Å². The van der Waals surface area contributed by atoms with E-state index in [1.807, 2.05) is 30.3 Å². The van der Waals surface area contributed by atoms with Crippen LogP contribution < -0.4 is 10.6 Å². The fourth-order valence-corrected chi connectivity index (χ4v) is 5.17. The molecule has 2 aliphatic carbocycles. The molecule has 0 unspecified atom stereocenters. The quantitative estimate of drug-likeness (QED) is 0.584. The summed E-state index contributed by atoms with van der Waals surface area (Å²) in [6, 6.07) is 14.4. The second-order valence-corrected chi connectivity index (χ2v) is 9.77. The lowest BCUT2D eigenvalue weighted by Gasteiger charge is -2.28. The molecule has 0 spiro atoms. The predicted molar refractivity (Wildman–Crippen MR) is 130 cm³/mol. The first-order valence-electron chi connectivity index (χ1n) is 12.3. The first-order chi connectivity index (χ1) is 15.5. The molecule has 170 valence electrons. The van der Waals surface area contributed by atoms with E-state index in [9.17, 15) is 9.59 Å². The van der Waals surface area contributed by atoms with Crippen molar-refractivity contribution in [2.75, 3.05) is 5.32 Å². The molecule has 0 atom stereocenters. The SMILES string of the molecule is Cc1ccc(NC(=O)C2CCC(NC(=O)c3ccc(C4CCCCC4)cc3)CC2)cc1C. The zero-order chi connectivity index (χ0) is 22.5. The summed E-state index contributed by atoms with van der Waals surface area (Å²) in [5.41, 5.74) is 5.38. The summed E-state index contributed by atoms with van der Waals surface area (Å²) in [7, 11) is 0. The van der Waals surface area contributed by atoms with Gasteiger partial charge in [-0.1, -0.05) is 37.5 Å². The highest BCUT2D eigenvalue weighted by Gasteiger charge is 2.27. The minimum absolute atomic E-state index is 0.00299. The van der Waals surface area contributed by atoms with Crippen LogP contribution in [0.25, 0.3) is 0 Å². The monoisotopic (exact) mass is 432 g/mol. The minimum atomic E-state index is 0.00299. The van der Waals surface area contributed by atoms with Crippen molar-refractivity contribution in [1.29, 1.82) is 0 Å². The van der Waals surface area contributed by atoms with Crippen LogP contribution in [0.4, 0.5) is 5.69 Å². The number of carbonyl (C=O) groups is 2. The molecule has 4 nitrogen and oxygen atoms in total. The van der Waals surface area contributed by atoms with E-state index in [0.29, 0.717) is 5.92 Å². The van der Waals surface area contributed by atoms with E-state index < -0.39 is 0 Å². The fourth-order valence-electron chi connectivity index (χ4n) is 5.17. The van der Waals surface area contributed by atoms with Crippen LogP contribution in [0, 0.1) is 19.8 Å². The molecule has 2 aromatic carbocycles. The Bertz CT molecular complexity index is 936. The van der Waals surface area contributed by atoms with Crippen LogP contribution >= 0.6 is 0 Å². The zero-order valence-electron chi connectivity index (χ0n) is 19.5. The molecule has 0 bridgehead atoms. The van der Waals surface area contributed by atoms with Crippen LogP contribution in [0.1, 0.15) is 90.8 Å². The number of amides is 2. The fraction of sp³-hybridized carbons (Fsp3) is 0.500. The number of benzene rings is 2. The zero-order valence-corrected chi connectivity index (χ0v) is 19.5. The Labute approximate surface area is 192 Å². The molecule has 2 fully saturated rings. The summed E-state index contributed by atoms with van der Waals surface area (Å²) in [6.07, 6.45) is 9.83. The summed E-state index contributed by atoms with van der Waals surface area (Å²) in [5, 5.41) is 6.25. The molecule has 0 saturated heterocycles. The molecule has 4 heteroatoms. The predicted octanol–water partition coefficient (Wildman–Crippen LogP) is 6.28. The smallest absolute Gasteiger partial charge is 0.251 e. The molecule has 2 saturated carbocycles. The second-order valence-electron chi connectivity index (χ2n) is 9.77. The van der Waals surface area contributed by atoms with Gasteiger partial charge in [-0.25, -0.2) is 0 Å². The van der Waals surface area contributed by atoms with Crippen LogP contribution in [-0.2, 0) is 4.79 Å². The molecule has 32 heavy (non-hydrogen) atoms. The number of anilines is 1. The van der Waals surface area contributed by atoms with Gasteiger partial charge in [-0.05, 0) is 99.2 Å². The van der Waals surface area contributed by atoms with Gasteiger partial charge in [0.05, 0.1) is 0 Å². The molecule has 2 aliphatic rings. The van der Waals surface area contributed by atoms with Crippen molar-refractivity contribution >= 4 is 17.5 Å². The van der Waals surface area contributed by atoms with E-state index in [1.165, 1.54) is 48.8 Å². The Morgan fingerprint density at radius 2 is 1.47 bits per heavy atom. The Morgan fingerprint density at radius 3 is 2.12 bits per heavy atom. The average molecular weight is 433 g/mol. The first kappa shape index (κ1) is 22.6. The molecule has 0 aromatic heterocycles. The topological polar surface area (TPSA) is 58.2 Å². The van der Waals surface area contributed by atoms with E-state index in [2.05, 4.69) is 36.6 Å². The van der Waals surface area contributed by atoms with Crippen LogP contribution in [0.15, 0.2) is 42.5 Å². The minimum Gasteiger partial charge on any atom is -0.349 e. The average Bonchev–Trinajstić information content (AvgIpc) is 2.82. The van der Waals surface area contributed by atoms with Gasteiger partial charge >= 0.3 is 0 Å². The third-order valence-electron chi connectivity index (χ3n) is 7.46. The molecule has 2 amide bonds. The molecule has 4 rings (SSSR count). The molecular weight excluding hydrogens is 396 g/mol. The summed E-state index contributed by atoms with van der Waals surface area (Å²) >= 11 is 0. The van der Waals surface area contributed by atoms with E-state index in [4.69, 9.17) is 0 Å². The maximum atomic E-state index is 12.7. The van der Waals surface area contributed by atoms with E-state index in [1.54, 1.807) is 0 Å². The number of rotatable bonds is 5. The van der Waals surface area contributed by atoms with Gasteiger partial charge < -0.3 is 10.6 Å². The van der Waals surface area contributed by atoms with Gasteiger partial charge in [-0.3, -0.25) is 9.59 Å². The lowest BCUT2D eigenvalue weighted by molar-refractivity contribution is -0.120. The normalized spacial score (nSPS) is 21.7. The van der Waals surface area contributed by atoms with Crippen molar-refractivity contribution in [2.45, 2.75) is 83.6 Å². The van der Waals surface area contributed by atoms with Crippen molar-refractivity contribution in [3.8, 4) is 0 Å². The van der Waals surface area contributed by atoms with E-state index >= 15 is 0 Å². The molecule has 0 radical (unpaired) electrons. The van der Waals surface area contributed by atoms with Gasteiger partial charge in [0.25, 0.3) is 5.91 Å². The lowest BCUT2D eigenvalue weighted by atomic mass is 9.84. The van der Waals surface area contributed by atoms with Crippen molar-refractivity contribution in [3.63, 3.8) is 0 Å². The van der Waals surface area contributed by atoms with Crippen LogP contribution in [-0.4, -0.2) is 17.9 Å². The highest BCUT2D eigenvalue weighted by Crippen LogP contribution is 2.32. The third-order valence-corrected chi connectivity index (χ3v) is 7.46. The third kappa shape index (κ3) is 5.59. The summed E-state index contributed by atoms with van der Waals surface area (Å²) < 4.78 is 0. The Kier molecular flexibility index (Phi) is 7.29. The Morgan fingerprint density at radius 1 is 0.781 bits per heavy atom. The van der Waals surface area contributed by atoms with Gasteiger partial charge in [-0.2, -0.15) is 0 Å². The number of carbonyl (C=O) groups excluding carboxylic acids is 2.